The molecule has 2 rings (SSSR count). The SMILES string of the molecule is C#Cc1cc(OC(F)(F)F)cc(-c2cc(F)ccc2F)c1. The highest BCUT2D eigenvalue weighted by Gasteiger charge is 2.31. The Morgan fingerprint density at radius 2 is 1.71 bits per heavy atom. The van der Waals surface area contributed by atoms with Crippen LogP contribution in [-0.4, -0.2) is 6.36 Å². The first-order chi connectivity index (χ1) is 9.78. The fraction of sp³-hybridized carbons (Fsp3) is 0.0667. The fourth-order valence-corrected chi connectivity index (χ4v) is 1.75. The van der Waals surface area contributed by atoms with Gasteiger partial charge in [0.1, 0.15) is 17.4 Å². The molecule has 0 N–H and O–H groups in total. The molecule has 6 heteroatoms. The Morgan fingerprint density at radius 3 is 2.33 bits per heavy atom. The maximum Gasteiger partial charge on any atom is 0.573 e. The lowest BCUT2D eigenvalue weighted by molar-refractivity contribution is -0.274. The molecule has 0 radical (unpaired) electrons. The van der Waals surface area contributed by atoms with Crippen molar-refractivity contribution in [3.05, 3.63) is 53.6 Å². The smallest absolute Gasteiger partial charge is 0.406 e. The molecule has 0 aromatic heterocycles. The molecule has 0 aliphatic rings. The van der Waals surface area contributed by atoms with E-state index in [0.717, 1.165) is 30.3 Å². The van der Waals surface area contributed by atoms with Gasteiger partial charge in [-0.1, -0.05) is 5.92 Å². The minimum Gasteiger partial charge on any atom is -0.406 e. The summed E-state index contributed by atoms with van der Waals surface area (Å²) in [5.74, 6) is 0.0189. The van der Waals surface area contributed by atoms with Crippen molar-refractivity contribution < 1.29 is 26.7 Å². The van der Waals surface area contributed by atoms with E-state index in [9.17, 15) is 22.0 Å². The molecule has 0 heterocycles. The van der Waals surface area contributed by atoms with Crippen LogP contribution in [-0.2, 0) is 0 Å². The van der Waals surface area contributed by atoms with Gasteiger partial charge in [-0.25, -0.2) is 8.78 Å². The lowest BCUT2D eigenvalue weighted by atomic mass is 10.0. The van der Waals surface area contributed by atoms with Crippen LogP contribution in [0.25, 0.3) is 11.1 Å². The van der Waals surface area contributed by atoms with E-state index in [1.165, 1.54) is 6.07 Å². The predicted molar refractivity (Wildman–Crippen MR) is 66.4 cm³/mol. The normalized spacial score (nSPS) is 11.0. The summed E-state index contributed by atoms with van der Waals surface area (Å²) in [7, 11) is 0. The van der Waals surface area contributed by atoms with E-state index in [1.807, 2.05) is 0 Å². The van der Waals surface area contributed by atoms with Gasteiger partial charge in [-0.05, 0) is 42.0 Å². The molecule has 0 saturated heterocycles. The Bertz CT molecular complexity index is 713. The fourth-order valence-electron chi connectivity index (χ4n) is 1.75. The van der Waals surface area contributed by atoms with Gasteiger partial charge in [-0.3, -0.25) is 0 Å². The minimum absolute atomic E-state index is 0.0123. The number of benzene rings is 2. The van der Waals surface area contributed by atoms with Crippen molar-refractivity contribution in [2.24, 2.45) is 0 Å². The second kappa shape index (κ2) is 5.44. The van der Waals surface area contributed by atoms with Crippen LogP contribution >= 0.6 is 0 Å². The Kier molecular flexibility index (Phi) is 3.85. The number of terminal acetylenes is 1. The van der Waals surface area contributed by atoms with Gasteiger partial charge in [0.05, 0.1) is 0 Å². The summed E-state index contributed by atoms with van der Waals surface area (Å²) in [5.41, 5.74) is -0.170. The van der Waals surface area contributed by atoms with Crippen LogP contribution in [0.15, 0.2) is 36.4 Å². The molecule has 108 valence electrons. The van der Waals surface area contributed by atoms with E-state index in [4.69, 9.17) is 6.42 Å². The van der Waals surface area contributed by atoms with Crippen molar-refractivity contribution in [1.82, 2.24) is 0 Å². The average Bonchev–Trinajstić information content (AvgIpc) is 2.39. The molecule has 0 aliphatic heterocycles. The van der Waals surface area contributed by atoms with Crippen molar-refractivity contribution in [2.45, 2.75) is 6.36 Å². The summed E-state index contributed by atoms with van der Waals surface area (Å²) in [6.45, 7) is 0. The molecule has 0 aliphatic carbocycles. The molecular weight excluding hydrogens is 291 g/mol. The molecule has 2 aromatic carbocycles. The molecule has 0 amide bonds. The molecule has 0 unspecified atom stereocenters. The van der Waals surface area contributed by atoms with Gasteiger partial charge in [0.2, 0.25) is 0 Å². The third-order valence-corrected chi connectivity index (χ3v) is 2.55. The van der Waals surface area contributed by atoms with Crippen LogP contribution < -0.4 is 4.74 Å². The van der Waals surface area contributed by atoms with E-state index in [0.29, 0.717) is 0 Å². The average molecular weight is 298 g/mol. The van der Waals surface area contributed by atoms with E-state index in [-0.39, 0.29) is 16.7 Å². The molecule has 21 heavy (non-hydrogen) atoms. The highest BCUT2D eigenvalue weighted by molar-refractivity contribution is 5.68. The summed E-state index contributed by atoms with van der Waals surface area (Å²) in [4.78, 5) is 0. The molecule has 0 saturated carbocycles. The van der Waals surface area contributed by atoms with Gasteiger partial charge < -0.3 is 4.74 Å². The molecule has 2 aromatic rings. The van der Waals surface area contributed by atoms with Crippen molar-refractivity contribution in [3.8, 4) is 29.2 Å². The van der Waals surface area contributed by atoms with Crippen LogP contribution in [0.1, 0.15) is 5.56 Å². The van der Waals surface area contributed by atoms with Crippen LogP contribution in [0, 0.1) is 24.0 Å². The lowest BCUT2D eigenvalue weighted by Gasteiger charge is -2.11. The number of alkyl halides is 3. The topological polar surface area (TPSA) is 9.23 Å². The predicted octanol–water partition coefficient (Wildman–Crippen LogP) is 4.51. The van der Waals surface area contributed by atoms with Crippen LogP contribution in [0.2, 0.25) is 0 Å². The first kappa shape index (κ1) is 14.9. The Labute approximate surface area is 117 Å². The number of rotatable bonds is 2. The maximum absolute atomic E-state index is 13.7. The highest BCUT2D eigenvalue weighted by Crippen LogP contribution is 2.31. The third-order valence-electron chi connectivity index (χ3n) is 2.55. The van der Waals surface area contributed by atoms with Crippen LogP contribution in [0.4, 0.5) is 22.0 Å². The first-order valence-electron chi connectivity index (χ1n) is 5.61. The first-order valence-corrected chi connectivity index (χ1v) is 5.61. The molecule has 0 spiro atoms. The third kappa shape index (κ3) is 3.72. The van der Waals surface area contributed by atoms with Crippen LogP contribution in [0.5, 0.6) is 5.75 Å². The highest BCUT2D eigenvalue weighted by atomic mass is 19.4. The zero-order valence-corrected chi connectivity index (χ0v) is 10.3. The summed E-state index contributed by atoms with van der Waals surface area (Å²) < 4.78 is 67.4. The number of hydrogen-bond donors (Lipinski definition) is 0. The lowest BCUT2D eigenvalue weighted by Crippen LogP contribution is -2.17. The maximum atomic E-state index is 13.7. The quantitative estimate of drug-likeness (QED) is 0.585. The summed E-state index contributed by atoms with van der Waals surface area (Å²) >= 11 is 0. The van der Waals surface area contributed by atoms with E-state index < -0.39 is 23.7 Å². The monoisotopic (exact) mass is 298 g/mol. The van der Waals surface area contributed by atoms with Gasteiger partial charge in [0.25, 0.3) is 0 Å². The minimum atomic E-state index is -4.91. The zero-order valence-electron chi connectivity index (χ0n) is 10.3. The van der Waals surface area contributed by atoms with Crippen molar-refractivity contribution in [3.63, 3.8) is 0 Å². The summed E-state index contributed by atoms with van der Waals surface area (Å²) in [6, 6.07) is 5.82. The van der Waals surface area contributed by atoms with E-state index in [1.54, 1.807) is 0 Å². The van der Waals surface area contributed by atoms with E-state index >= 15 is 0 Å². The van der Waals surface area contributed by atoms with E-state index in [2.05, 4.69) is 10.7 Å². The van der Waals surface area contributed by atoms with Crippen molar-refractivity contribution in [2.75, 3.05) is 0 Å². The molecule has 0 fully saturated rings. The van der Waals surface area contributed by atoms with Crippen LogP contribution in [0.3, 0.4) is 0 Å². The summed E-state index contributed by atoms with van der Waals surface area (Å²) in [6.07, 6.45) is 0.231. The number of halogens is 5. The Morgan fingerprint density at radius 1 is 1.00 bits per heavy atom. The number of ether oxygens (including phenoxy) is 1. The zero-order chi connectivity index (χ0) is 15.6. The van der Waals surface area contributed by atoms with Gasteiger partial charge >= 0.3 is 6.36 Å². The van der Waals surface area contributed by atoms with Gasteiger partial charge in [-0.2, -0.15) is 0 Å². The molecular formula is C15H7F5O. The second-order valence-corrected chi connectivity index (χ2v) is 4.06. The largest absolute Gasteiger partial charge is 0.573 e. The Balaban J connectivity index is 2.56. The molecule has 0 atom stereocenters. The molecule has 1 nitrogen and oxygen atoms in total. The van der Waals surface area contributed by atoms with Crippen molar-refractivity contribution >= 4 is 0 Å². The van der Waals surface area contributed by atoms with Gasteiger partial charge in [0, 0.05) is 11.1 Å². The standard InChI is InChI=1S/C15H7F5O/c1-2-9-5-10(7-12(6-9)21-15(18,19)20)13-8-11(16)3-4-14(13)17/h1,3-8H. The Hall–Kier alpha value is -2.55. The van der Waals surface area contributed by atoms with Gasteiger partial charge in [-0.15, -0.1) is 19.6 Å². The van der Waals surface area contributed by atoms with Crippen molar-refractivity contribution in [1.29, 1.82) is 0 Å². The number of hydrogen-bond acceptors (Lipinski definition) is 1. The molecule has 0 bridgehead atoms. The van der Waals surface area contributed by atoms with Gasteiger partial charge in [0.15, 0.2) is 0 Å². The second-order valence-electron chi connectivity index (χ2n) is 4.06. The summed E-state index contributed by atoms with van der Waals surface area (Å²) in [5, 5.41) is 0.